The molecule has 172 valence electrons. The van der Waals surface area contributed by atoms with Crippen LogP contribution in [-0.2, 0) is 28.2 Å². The number of carbonyl (C=O) groups excluding carboxylic acids is 3. The zero-order valence-electron chi connectivity index (χ0n) is 17.9. The van der Waals surface area contributed by atoms with E-state index in [1.165, 1.54) is 0 Å². The van der Waals surface area contributed by atoms with E-state index in [4.69, 9.17) is 13.8 Å². The summed E-state index contributed by atoms with van der Waals surface area (Å²) in [7, 11) is 0. The highest BCUT2D eigenvalue weighted by Gasteiger charge is 2.41. The number of esters is 1. The Bertz CT molecular complexity index is 819. The molecule has 2 rings (SSSR count). The maximum Gasteiger partial charge on any atom is 0.440 e. The molecule has 0 bridgehead atoms. The Morgan fingerprint density at radius 1 is 1.23 bits per heavy atom. The number of hydrogen-bond acceptors (Lipinski definition) is 8. The summed E-state index contributed by atoms with van der Waals surface area (Å²) in [6, 6.07) is 8.59. The average molecular weight is 473 g/mol. The van der Waals surface area contributed by atoms with Gasteiger partial charge in [-0.15, -0.1) is 0 Å². The monoisotopic (exact) mass is 472 g/mol. The number of hydrogen-bond donors (Lipinski definition) is 2. The van der Waals surface area contributed by atoms with E-state index in [9.17, 15) is 18.9 Å². The number of rotatable bonds is 4. The summed E-state index contributed by atoms with van der Waals surface area (Å²) in [4.78, 5) is 36.6. The van der Waals surface area contributed by atoms with E-state index in [2.05, 4.69) is 10.6 Å². The fourth-order valence-corrected chi connectivity index (χ4v) is 5.84. The molecule has 2 atom stereocenters. The summed E-state index contributed by atoms with van der Waals surface area (Å²) >= 11 is 0.956. The van der Waals surface area contributed by atoms with Gasteiger partial charge in [-0.05, 0) is 23.5 Å². The van der Waals surface area contributed by atoms with Crippen molar-refractivity contribution in [1.82, 2.24) is 10.6 Å². The Morgan fingerprint density at radius 3 is 2.61 bits per heavy atom. The summed E-state index contributed by atoms with van der Waals surface area (Å²) < 4.78 is 30.2. The normalized spacial score (nSPS) is 25.5. The van der Waals surface area contributed by atoms with Gasteiger partial charge in [0, 0.05) is 37.1 Å². The van der Waals surface area contributed by atoms with Crippen molar-refractivity contribution >= 4 is 36.0 Å². The lowest BCUT2D eigenvalue weighted by Gasteiger charge is -2.33. The van der Waals surface area contributed by atoms with E-state index in [0.717, 1.165) is 11.4 Å². The van der Waals surface area contributed by atoms with E-state index < -0.39 is 30.2 Å². The lowest BCUT2D eigenvalue weighted by atomic mass is 9.86. The Hall–Kier alpha value is -2.03. The molecule has 1 fully saturated rings. The second-order valence-electron chi connectivity index (χ2n) is 7.56. The van der Waals surface area contributed by atoms with Gasteiger partial charge in [-0.3, -0.25) is 18.9 Å². The van der Waals surface area contributed by atoms with Crippen LogP contribution in [0.1, 0.15) is 33.6 Å². The SMILES string of the molecule is CCC(=O)O[C@H]1C(=O)NCCC(=O)NCCSP(=O)(Oc2ccccc2)OCC1(C)C. The molecule has 0 aromatic heterocycles. The quantitative estimate of drug-likeness (QED) is 0.507. The third kappa shape index (κ3) is 8.20. The highest BCUT2D eigenvalue weighted by atomic mass is 32.7. The van der Waals surface area contributed by atoms with E-state index in [-0.39, 0.29) is 38.4 Å². The van der Waals surface area contributed by atoms with Crippen LogP contribution in [0.15, 0.2) is 30.3 Å². The molecule has 9 nitrogen and oxygen atoms in total. The van der Waals surface area contributed by atoms with Crippen molar-refractivity contribution < 1.29 is 32.7 Å². The molecule has 0 aliphatic carbocycles. The summed E-state index contributed by atoms with van der Waals surface area (Å²) in [5.41, 5.74) is -1.02. The van der Waals surface area contributed by atoms with Crippen molar-refractivity contribution in [2.75, 3.05) is 25.4 Å². The molecule has 11 heteroatoms. The van der Waals surface area contributed by atoms with Crippen LogP contribution in [0, 0.1) is 5.41 Å². The van der Waals surface area contributed by atoms with Gasteiger partial charge in [0.15, 0.2) is 6.10 Å². The van der Waals surface area contributed by atoms with Gasteiger partial charge in [0.05, 0.1) is 6.61 Å². The van der Waals surface area contributed by atoms with Gasteiger partial charge in [0.25, 0.3) is 5.91 Å². The fourth-order valence-electron chi connectivity index (χ4n) is 2.63. The highest BCUT2D eigenvalue weighted by molar-refractivity contribution is 8.55. The van der Waals surface area contributed by atoms with Gasteiger partial charge >= 0.3 is 12.8 Å². The third-order valence-corrected chi connectivity index (χ3v) is 7.98. The lowest BCUT2D eigenvalue weighted by molar-refractivity contribution is -0.164. The summed E-state index contributed by atoms with van der Waals surface area (Å²) in [5.74, 6) is -0.694. The maximum absolute atomic E-state index is 13.4. The van der Waals surface area contributed by atoms with Crippen LogP contribution in [0.4, 0.5) is 0 Å². The van der Waals surface area contributed by atoms with Crippen LogP contribution in [0.5, 0.6) is 5.75 Å². The predicted molar refractivity (Wildman–Crippen MR) is 118 cm³/mol. The van der Waals surface area contributed by atoms with Gasteiger partial charge in [0.1, 0.15) is 5.75 Å². The minimum Gasteiger partial charge on any atom is -0.452 e. The first-order valence-corrected chi connectivity index (χ1v) is 13.2. The second-order valence-corrected chi connectivity index (χ2v) is 11.7. The standard InChI is InChI=1S/C20H29N2O7PS/c1-4-17(24)28-18-19(25)22-11-10-16(23)21-12-13-31-30(26,27-14-20(18,2)3)29-15-8-6-5-7-9-15/h5-9,18H,4,10-14H2,1-3H3,(H,21,23)(H,22,25)/t18-,30?/m0/s1. The molecule has 1 aromatic rings. The summed E-state index contributed by atoms with van der Waals surface area (Å²) in [5, 5.41) is 5.32. The number of ether oxygens (including phenoxy) is 1. The van der Waals surface area contributed by atoms with Crippen LogP contribution in [0.2, 0.25) is 0 Å². The predicted octanol–water partition coefficient (Wildman–Crippen LogP) is 2.91. The zero-order chi connectivity index (χ0) is 22.9. The highest BCUT2D eigenvalue weighted by Crippen LogP contribution is 2.60. The summed E-state index contributed by atoms with van der Waals surface area (Å²) in [6.45, 7) is 1.48. The molecule has 2 N–H and O–H groups in total. The van der Waals surface area contributed by atoms with Gasteiger partial charge < -0.3 is 19.9 Å². The van der Waals surface area contributed by atoms with Gasteiger partial charge in [-0.2, -0.15) is 0 Å². The number of nitrogens with one attached hydrogen (secondary N) is 2. The van der Waals surface area contributed by atoms with Gasteiger partial charge in [-0.25, -0.2) is 4.57 Å². The van der Waals surface area contributed by atoms with Crippen LogP contribution >= 0.6 is 18.2 Å². The fraction of sp³-hybridized carbons (Fsp3) is 0.550. The van der Waals surface area contributed by atoms with E-state index in [1.54, 1.807) is 51.1 Å². The molecule has 0 saturated carbocycles. The van der Waals surface area contributed by atoms with Crippen molar-refractivity contribution in [3.63, 3.8) is 0 Å². The molecular weight excluding hydrogens is 443 g/mol. The largest absolute Gasteiger partial charge is 0.452 e. The number of carbonyl (C=O) groups is 3. The second kappa shape index (κ2) is 11.5. The first kappa shape index (κ1) is 25.2. The van der Waals surface area contributed by atoms with Crippen LogP contribution < -0.4 is 15.2 Å². The maximum atomic E-state index is 13.4. The smallest absolute Gasteiger partial charge is 0.440 e. The lowest BCUT2D eigenvalue weighted by Crippen LogP contribution is -2.49. The van der Waals surface area contributed by atoms with Crippen molar-refractivity contribution in [2.45, 2.75) is 39.7 Å². The number of para-hydroxylation sites is 1. The summed E-state index contributed by atoms with van der Waals surface area (Å²) in [6.07, 6.45) is -1.03. The minimum atomic E-state index is -3.71. The molecule has 1 saturated heterocycles. The van der Waals surface area contributed by atoms with Crippen LogP contribution in [-0.4, -0.2) is 49.3 Å². The topological polar surface area (TPSA) is 120 Å². The first-order chi connectivity index (χ1) is 14.6. The van der Waals surface area contributed by atoms with Gasteiger partial charge in [-0.1, -0.05) is 39.0 Å². The van der Waals surface area contributed by atoms with E-state index in [1.807, 2.05) is 0 Å². The molecule has 31 heavy (non-hydrogen) atoms. The van der Waals surface area contributed by atoms with Crippen LogP contribution in [0.25, 0.3) is 0 Å². The van der Waals surface area contributed by atoms with Crippen molar-refractivity contribution in [2.24, 2.45) is 5.41 Å². The minimum absolute atomic E-state index is 0.0694. The van der Waals surface area contributed by atoms with Crippen molar-refractivity contribution in [1.29, 1.82) is 0 Å². The van der Waals surface area contributed by atoms with Crippen molar-refractivity contribution in [3.8, 4) is 5.75 Å². The molecule has 1 aliphatic heterocycles. The molecule has 1 heterocycles. The average Bonchev–Trinajstić information content (AvgIpc) is 2.73. The Balaban J connectivity index is 2.27. The molecule has 0 radical (unpaired) electrons. The van der Waals surface area contributed by atoms with E-state index in [0.29, 0.717) is 11.5 Å². The molecule has 0 spiro atoms. The molecule has 1 aromatic carbocycles. The Kier molecular flexibility index (Phi) is 9.40. The third-order valence-electron chi connectivity index (χ3n) is 4.37. The Morgan fingerprint density at radius 2 is 1.94 bits per heavy atom. The first-order valence-electron chi connectivity index (χ1n) is 10.0. The van der Waals surface area contributed by atoms with E-state index >= 15 is 0 Å². The van der Waals surface area contributed by atoms with Gasteiger partial charge in [0.2, 0.25) is 5.91 Å². The van der Waals surface area contributed by atoms with Crippen LogP contribution in [0.3, 0.4) is 0 Å². The molecule has 1 aliphatic rings. The molecular formula is C20H29N2O7PS. The number of benzene rings is 1. The molecule has 1 unspecified atom stereocenters. The van der Waals surface area contributed by atoms with Crippen molar-refractivity contribution in [3.05, 3.63) is 30.3 Å². The molecule has 2 amide bonds. The number of amides is 2. The Labute approximate surface area is 186 Å². The zero-order valence-corrected chi connectivity index (χ0v) is 19.6.